The van der Waals surface area contributed by atoms with Gasteiger partial charge in [0.05, 0.1) is 16.3 Å². The zero-order valence-corrected chi connectivity index (χ0v) is 11.5. The van der Waals surface area contributed by atoms with Crippen LogP contribution in [0, 0.1) is 0 Å². The van der Waals surface area contributed by atoms with Gasteiger partial charge < -0.3 is 16.0 Å². The second-order valence-electron chi connectivity index (χ2n) is 4.55. The van der Waals surface area contributed by atoms with Crippen LogP contribution in [0.15, 0.2) is 23.1 Å². The minimum atomic E-state index is -3.35. The lowest BCUT2D eigenvalue weighted by atomic mass is 10.2. The smallest absolute Gasteiger partial charge is 0.221 e. The minimum absolute atomic E-state index is 0.000314. The SMILES string of the molecule is CS(=O)(=O)c1cccc(N2CCNC(=O)CC2)c1N. The van der Waals surface area contributed by atoms with Crippen molar-refractivity contribution < 1.29 is 13.2 Å². The van der Waals surface area contributed by atoms with Crippen molar-refractivity contribution in [2.75, 3.05) is 36.5 Å². The Bertz CT molecular complexity index is 598. The molecule has 0 atom stereocenters. The predicted octanol–water partition coefficient (Wildman–Crippen LogP) is -0.00140. The first-order chi connectivity index (χ1) is 8.89. The maximum Gasteiger partial charge on any atom is 0.221 e. The number of sulfone groups is 1. The van der Waals surface area contributed by atoms with E-state index in [-0.39, 0.29) is 16.5 Å². The monoisotopic (exact) mass is 283 g/mol. The number of hydrogen-bond acceptors (Lipinski definition) is 5. The van der Waals surface area contributed by atoms with E-state index >= 15 is 0 Å². The van der Waals surface area contributed by atoms with Gasteiger partial charge in [0, 0.05) is 32.3 Å². The van der Waals surface area contributed by atoms with Gasteiger partial charge in [0.2, 0.25) is 5.91 Å². The number of carbonyl (C=O) groups excluding carboxylic acids is 1. The summed E-state index contributed by atoms with van der Waals surface area (Å²) in [4.78, 5) is 13.4. The molecule has 3 N–H and O–H groups in total. The number of amides is 1. The molecule has 0 bridgehead atoms. The van der Waals surface area contributed by atoms with Crippen molar-refractivity contribution in [1.29, 1.82) is 0 Å². The molecule has 0 unspecified atom stereocenters. The fourth-order valence-corrected chi connectivity index (χ4v) is 2.97. The van der Waals surface area contributed by atoms with Crippen molar-refractivity contribution in [2.24, 2.45) is 0 Å². The molecule has 0 spiro atoms. The molecule has 0 saturated carbocycles. The van der Waals surface area contributed by atoms with Crippen LogP contribution in [-0.4, -0.2) is 40.2 Å². The lowest BCUT2D eigenvalue weighted by Crippen LogP contribution is -2.29. The number of nitrogen functional groups attached to an aromatic ring is 1. The number of benzene rings is 1. The normalized spacial score (nSPS) is 16.9. The molecule has 1 heterocycles. The topological polar surface area (TPSA) is 92.5 Å². The number of nitrogens with two attached hydrogens (primary N) is 1. The summed E-state index contributed by atoms with van der Waals surface area (Å²) in [5, 5.41) is 2.77. The zero-order valence-electron chi connectivity index (χ0n) is 10.7. The van der Waals surface area contributed by atoms with Gasteiger partial charge in [0.15, 0.2) is 9.84 Å². The van der Waals surface area contributed by atoms with Crippen LogP contribution in [0.3, 0.4) is 0 Å². The summed E-state index contributed by atoms with van der Waals surface area (Å²) in [7, 11) is -3.35. The van der Waals surface area contributed by atoms with Gasteiger partial charge >= 0.3 is 0 Å². The Kier molecular flexibility index (Phi) is 3.66. The average Bonchev–Trinajstić information content (AvgIpc) is 2.53. The Balaban J connectivity index is 2.37. The van der Waals surface area contributed by atoms with Crippen molar-refractivity contribution >= 4 is 27.1 Å². The summed E-state index contributed by atoms with van der Waals surface area (Å²) in [6.07, 6.45) is 1.51. The molecule has 0 radical (unpaired) electrons. The van der Waals surface area contributed by atoms with Crippen molar-refractivity contribution in [2.45, 2.75) is 11.3 Å². The van der Waals surface area contributed by atoms with Gasteiger partial charge in [-0.3, -0.25) is 4.79 Å². The number of nitrogens with zero attached hydrogens (tertiary/aromatic N) is 1. The van der Waals surface area contributed by atoms with Gasteiger partial charge in [0.25, 0.3) is 0 Å². The highest BCUT2D eigenvalue weighted by molar-refractivity contribution is 7.90. The Morgan fingerprint density at radius 3 is 2.74 bits per heavy atom. The molecule has 1 aromatic carbocycles. The van der Waals surface area contributed by atoms with Crippen molar-refractivity contribution in [3.05, 3.63) is 18.2 Å². The molecule has 1 aliphatic heterocycles. The van der Waals surface area contributed by atoms with Crippen LogP contribution in [0.4, 0.5) is 11.4 Å². The third-order valence-corrected chi connectivity index (χ3v) is 4.25. The molecule has 1 aromatic rings. The minimum Gasteiger partial charge on any atom is -0.396 e. The highest BCUT2D eigenvalue weighted by Gasteiger charge is 2.20. The number of hydrogen-bond donors (Lipinski definition) is 2. The molecule has 7 heteroatoms. The van der Waals surface area contributed by atoms with Crippen LogP contribution in [0.1, 0.15) is 6.42 Å². The summed E-state index contributed by atoms with van der Waals surface area (Å²) in [5.74, 6) is 0.000314. The lowest BCUT2D eigenvalue weighted by molar-refractivity contribution is -0.120. The number of nitrogens with one attached hydrogen (secondary N) is 1. The van der Waals surface area contributed by atoms with Gasteiger partial charge in [-0.15, -0.1) is 0 Å². The second kappa shape index (κ2) is 5.08. The Hall–Kier alpha value is -1.76. The van der Waals surface area contributed by atoms with Gasteiger partial charge in [-0.25, -0.2) is 8.42 Å². The molecule has 104 valence electrons. The highest BCUT2D eigenvalue weighted by Crippen LogP contribution is 2.30. The summed E-state index contributed by atoms with van der Waals surface area (Å²) in [6, 6.07) is 4.94. The summed E-state index contributed by atoms with van der Waals surface area (Å²) in [6.45, 7) is 1.67. The first-order valence-electron chi connectivity index (χ1n) is 6.00. The fourth-order valence-electron chi connectivity index (χ4n) is 2.14. The van der Waals surface area contributed by atoms with Gasteiger partial charge in [-0.05, 0) is 12.1 Å². The summed E-state index contributed by atoms with van der Waals surface area (Å²) < 4.78 is 23.3. The van der Waals surface area contributed by atoms with Crippen LogP contribution in [0.25, 0.3) is 0 Å². The molecule has 2 rings (SSSR count). The van der Waals surface area contributed by atoms with E-state index in [1.165, 1.54) is 6.07 Å². The van der Waals surface area contributed by atoms with E-state index in [0.29, 0.717) is 31.7 Å². The quantitative estimate of drug-likeness (QED) is 0.745. The molecular weight excluding hydrogens is 266 g/mol. The first-order valence-corrected chi connectivity index (χ1v) is 7.89. The molecule has 0 aliphatic carbocycles. The van der Waals surface area contributed by atoms with E-state index in [1.54, 1.807) is 12.1 Å². The van der Waals surface area contributed by atoms with Crippen LogP contribution in [0.2, 0.25) is 0 Å². The van der Waals surface area contributed by atoms with Crippen LogP contribution in [-0.2, 0) is 14.6 Å². The third kappa shape index (κ3) is 2.98. The Morgan fingerprint density at radius 1 is 1.32 bits per heavy atom. The van der Waals surface area contributed by atoms with E-state index in [1.807, 2.05) is 4.90 Å². The van der Waals surface area contributed by atoms with Crippen molar-refractivity contribution in [1.82, 2.24) is 5.32 Å². The van der Waals surface area contributed by atoms with E-state index in [0.717, 1.165) is 6.26 Å². The third-order valence-electron chi connectivity index (χ3n) is 3.10. The Labute approximate surface area is 112 Å². The van der Waals surface area contributed by atoms with E-state index < -0.39 is 9.84 Å². The van der Waals surface area contributed by atoms with E-state index in [9.17, 15) is 13.2 Å². The summed E-state index contributed by atoms with van der Waals surface area (Å²) >= 11 is 0. The lowest BCUT2D eigenvalue weighted by Gasteiger charge is -2.24. The summed E-state index contributed by atoms with van der Waals surface area (Å²) in [5.41, 5.74) is 6.88. The molecular formula is C12H17N3O3S. The maximum absolute atomic E-state index is 11.6. The number of rotatable bonds is 2. The van der Waals surface area contributed by atoms with Gasteiger partial charge in [-0.1, -0.05) is 6.07 Å². The number of carbonyl (C=O) groups is 1. The van der Waals surface area contributed by atoms with Crippen LogP contribution < -0.4 is 16.0 Å². The fraction of sp³-hybridized carbons (Fsp3) is 0.417. The van der Waals surface area contributed by atoms with Gasteiger partial charge in [0.1, 0.15) is 0 Å². The van der Waals surface area contributed by atoms with Crippen molar-refractivity contribution in [3.8, 4) is 0 Å². The zero-order chi connectivity index (χ0) is 14.0. The van der Waals surface area contributed by atoms with Gasteiger partial charge in [-0.2, -0.15) is 0 Å². The van der Waals surface area contributed by atoms with Crippen LogP contribution >= 0.6 is 0 Å². The molecule has 1 fully saturated rings. The standard InChI is InChI=1S/C12H17N3O3S/c1-19(17,18)10-4-2-3-9(12(10)13)15-7-5-11(16)14-6-8-15/h2-4H,5-8,13H2,1H3,(H,14,16). The average molecular weight is 283 g/mol. The number of para-hydroxylation sites is 1. The molecule has 19 heavy (non-hydrogen) atoms. The first kappa shape index (κ1) is 13.7. The highest BCUT2D eigenvalue weighted by atomic mass is 32.2. The molecule has 6 nitrogen and oxygen atoms in total. The van der Waals surface area contributed by atoms with Crippen LogP contribution in [0.5, 0.6) is 0 Å². The number of anilines is 2. The Morgan fingerprint density at radius 2 is 2.05 bits per heavy atom. The molecule has 0 aromatic heterocycles. The van der Waals surface area contributed by atoms with Crippen molar-refractivity contribution in [3.63, 3.8) is 0 Å². The van der Waals surface area contributed by atoms with E-state index in [4.69, 9.17) is 5.73 Å². The maximum atomic E-state index is 11.6. The van der Waals surface area contributed by atoms with E-state index in [2.05, 4.69) is 5.32 Å². The predicted molar refractivity (Wildman–Crippen MR) is 73.8 cm³/mol. The molecule has 1 saturated heterocycles. The largest absolute Gasteiger partial charge is 0.396 e. The molecule has 1 amide bonds. The second-order valence-corrected chi connectivity index (χ2v) is 6.53. The molecule has 1 aliphatic rings.